The SMILES string of the molecule is Cn1cc(-c2ccc(CN3CCC(N4CCNCC4)C3)s2)cn1. The van der Waals surface area contributed by atoms with Crippen LogP contribution in [0.2, 0.25) is 0 Å². The van der Waals surface area contributed by atoms with Gasteiger partial charge in [0.25, 0.3) is 0 Å². The van der Waals surface area contributed by atoms with Crippen LogP contribution < -0.4 is 5.32 Å². The lowest BCUT2D eigenvalue weighted by Crippen LogP contribution is -2.49. The van der Waals surface area contributed by atoms with Gasteiger partial charge in [0.1, 0.15) is 0 Å². The van der Waals surface area contributed by atoms with E-state index in [0.717, 1.165) is 25.7 Å². The number of thiophene rings is 1. The lowest BCUT2D eigenvalue weighted by atomic mass is 10.2. The fourth-order valence-corrected chi connectivity index (χ4v) is 4.71. The third-order valence-electron chi connectivity index (χ3n) is 4.95. The molecule has 23 heavy (non-hydrogen) atoms. The lowest BCUT2D eigenvalue weighted by Gasteiger charge is -2.32. The van der Waals surface area contributed by atoms with Gasteiger partial charge in [-0.3, -0.25) is 14.5 Å². The zero-order chi connectivity index (χ0) is 15.6. The molecule has 0 amide bonds. The molecule has 0 saturated carbocycles. The van der Waals surface area contributed by atoms with Crippen LogP contribution in [0.25, 0.3) is 10.4 Å². The summed E-state index contributed by atoms with van der Waals surface area (Å²) in [6, 6.07) is 5.28. The van der Waals surface area contributed by atoms with Crippen LogP contribution in [-0.2, 0) is 13.6 Å². The third-order valence-corrected chi connectivity index (χ3v) is 6.07. The van der Waals surface area contributed by atoms with Crippen molar-refractivity contribution in [1.82, 2.24) is 24.9 Å². The van der Waals surface area contributed by atoms with Gasteiger partial charge >= 0.3 is 0 Å². The highest BCUT2D eigenvalue weighted by atomic mass is 32.1. The van der Waals surface area contributed by atoms with E-state index in [1.54, 1.807) is 0 Å². The highest BCUT2D eigenvalue weighted by Gasteiger charge is 2.28. The molecule has 2 aliphatic heterocycles. The summed E-state index contributed by atoms with van der Waals surface area (Å²) in [7, 11) is 1.97. The second-order valence-corrected chi connectivity index (χ2v) is 7.80. The monoisotopic (exact) mass is 331 g/mol. The molecular formula is C17H25N5S. The summed E-state index contributed by atoms with van der Waals surface area (Å²) >= 11 is 1.90. The molecule has 0 spiro atoms. The predicted octanol–water partition coefficient (Wildman–Crippen LogP) is 1.63. The predicted molar refractivity (Wildman–Crippen MR) is 94.6 cm³/mol. The number of hydrogen-bond acceptors (Lipinski definition) is 5. The standard InChI is InChI=1S/C17H25N5S/c1-20-11-14(10-19-20)17-3-2-16(23-17)13-21-7-4-15(12-21)22-8-5-18-6-9-22/h2-3,10-11,15,18H,4-9,12-13H2,1H3. The van der Waals surface area contributed by atoms with Gasteiger partial charge in [0.05, 0.1) is 6.20 Å². The maximum Gasteiger partial charge on any atom is 0.0576 e. The Morgan fingerprint density at radius 2 is 2.13 bits per heavy atom. The van der Waals surface area contributed by atoms with Crippen molar-refractivity contribution in [3.63, 3.8) is 0 Å². The molecule has 4 heterocycles. The molecule has 0 aliphatic carbocycles. The molecule has 0 radical (unpaired) electrons. The summed E-state index contributed by atoms with van der Waals surface area (Å²) in [5.74, 6) is 0. The second-order valence-electron chi connectivity index (χ2n) is 6.63. The van der Waals surface area contributed by atoms with Crippen LogP contribution >= 0.6 is 11.3 Å². The Hall–Kier alpha value is -1.21. The third kappa shape index (κ3) is 3.50. The maximum atomic E-state index is 4.27. The van der Waals surface area contributed by atoms with Gasteiger partial charge in [0.2, 0.25) is 0 Å². The van der Waals surface area contributed by atoms with Crippen LogP contribution in [0.1, 0.15) is 11.3 Å². The van der Waals surface area contributed by atoms with E-state index in [0.29, 0.717) is 0 Å². The van der Waals surface area contributed by atoms with Crippen LogP contribution in [0.15, 0.2) is 24.5 Å². The van der Waals surface area contributed by atoms with Crippen molar-refractivity contribution >= 4 is 11.3 Å². The van der Waals surface area contributed by atoms with Crippen LogP contribution in [-0.4, -0.2) is 64.9 Å². The molecule has 2 aliphatic rings. The molecule has 6 heteroatoms. The van der Waals surface area contributed by atoms with Crippen molar-refractivity contribution in [3.8, 4) is 10.4 Å². The lowest BCUT2D eigenvalue weighted by molar-refractivity contribution is 0.170. The molecule has 0 aromatic carbocycles. The van der Waals surface area contributed by atoms with Crippen LogP contribution in [0.4, 0.5) is 0 Å². The molecule has 1 atom stereocenters. The number of likely N-dealkylation sites (tertiary alicyclic amines) is 1. The van der Waals surface area contributed by atoms with E-state index in [-0.39, 0.29) is 0 Å². The van der Waals surface area contributed by atoms with Crippen LogP contribution in [0.5, 0.6) is 0 Å². The molecule has 1 N–H and O–H groups in total. The summed E-state index contributed by atoms with van der Waals surface area (Å²) in [5, 5.41) is 7.72. The van der Waals surface area contributed by atoms with Gasteiger partial charge in [-0.05, 0) is 18.6 Å². The summed E-state index contributed by atoms with van der Waals surface area (Å²) < 4.78 is 1.87. The van der Waals surface area contributed by atoms with Crippen molar-refractivity contribution < 1.29 is 0 Å². The Morgan fingerprint density at radius 1 is 1.26 bits per heavy atom. The first-order chi connectivity index (χ1) is 11.3. The van der Waals surface area contributed by atoms with E-state index >= 15 is 0 Å². The smallest absolute Gasteiger partial charge is 0.0576 e. The minimum Gasteiger partial charge on any atom is -0.314 e. The first-order valence-electron chi connectivity index (χ1n) is 8.53. The maximum absolute atomic E-state index is 4.27. The van der Waals surface area contributed by atoms with E-state index in [1.165, 1.54) is 47.9 Å². The van der Waals surface area contributed by atoms with Gasteiger partial charge in [0.15, 0.2) is 0 Å². The quantitative estimate of drug-likeness (QED) is 0.924. The zero-order valence-electron chi connectivity index (χ0n) is 13.7. The van der Waals surface area contributed by atoms with E-state index in [2.05, 4.69) is 38.5 Å². The minimum absolute atomic E-state index is 0.759. The fourth-order valence-electron chi connectivity index (χ4n) is 3.69. The Kier molecular flexibility index (Phi) is 4.48. The van der Waals surface area contributed by atoms with E-state index in [1.807, 2.05) is 29.3 Å². The van der Waals surface area contributed by atoms with E-state index in [9.17, 15) is 0 Å². The molecule has 2 fully saturated rings. The van der Waals surface area contributed by atoms with E-state index in [4.69, 9.17) is 0 Å². The molecule has 5 nitrogen and oxygen atoms in total. The Balaban J connectivity index is 1.35. The minimum atomic E-state index is 0.759. The van der Waals surface area contributed by atoms with Gasteiger partial charge < -0.3 is 5.32 Å². The molecule has 2 aromatic heterocycles. The summed E-state index contributed by atoms with van der Waals surface area (Å²) in [6.07, 6.45) is 5.36. The Morgan fingerprint density at radius 3 is 2.91 bits per heavy atom. The van der Waals surface area contributed by atoms with E-state index < -0.39 is 0 Å². The Bertz CT molecular complexity index is 643. The normalized spacial score (nSPS) is 23.6. The summed E-state index contributed by atoms with van der Waals surface area (Å²) in [4.78, 5) is 8.08. The first kappa shape index (κ1) is 15.3. The van der Waals surface area contributed by atoms with Gasteiger partial charge in [-0.15, -0.1) is 11.3 Å². The van der Waals surface area contributed by atoms with Crippen molar-refractivity contribution in [2.75, 3.05) is 39.3 Å². The molecule has 2 aromatic rings. The molecule has 4 rings (SSSR count). The Labute approximate surface area is 141 Å². The molecular weight excluding hydrogens is 306 g/mol. The van der Waals surface area contributed by atoms with Crippen molar-refractivity contribution in [2.45, 2.75) is 19.0 Å². The second kappa shape index (κ2) is 6.73. The highest BCUT2D eigenvalue weighted by molar-refractivity contribution is 7.15. The largest absolute Gasteiger partial charge is 0.314 e. The molecule has 0 bridgehead atoms. The van der Waals surface area contributed by atoms with Gasteiger partial charge in [-0.1, -0.05) is 0 Å². The van der Waals surface area contributed by atoms with Crippen LogP contribution in [0.3, 0.4) is 0 Å². The fraction of sp³-hybridized carbons (Fsp3) is 0.588. The van der Waals surface area contributed by atoms with Crippen molar-refractivity contribution in [3.05, 3.63) is 29.4 Å². The van der Waals surface area contributed by atoms with Gasteiger partial charge in [-0.2, -0.15) is 5.10 Å². The van der Waals surface area contributed by atoms with Gasteiger partial charge in [-0.25, -0.2) is 0 Å². The van der Waals surface area contributed by atoms with Crippen molar-refractivity contribution in [2.24, 2.45) is 7.05 Å². The number of nitrogens with zero attached hydrogens (tertiary/aromatic N) is 4. The number of nitrogens with one attached hydrogen (secondary N) is 1. The molecule has 1 unspecified atom stereocenters. The topological polar surface area (TPSA) is 36.3 Å². The molecule has 2 saturated heterocycles. The average Bonchev–Trinajstić information content (AvgIpc) is 3.29. The average molecular weight is 331 g/mol. The zero-order valence-corrected chi connectivity index (χ0v) is 14.6. The number of hydrogen-bond donors (Lipinski definition) is 1. The number of piperazine rings is 1. The molecule has 124 valence electrons. The number of aromatic nitrogens is 2. The first-order valence-corrected chi connectivity index (χ1v) is 9.34. The summed E-state index contributed by atoms with van der Waals surface area (Å²) in [5.41, 5.74) is 1.23. The van der Waals surface area contributed by atoms with Crippen molar-refractivity contribution in [1.29, 1.82) is 0 Å². The number of rotatable bonds is 4. The highest BCUT2D eigenvalue weighted by Crippen LogP contribution is 2.29. The van der Waals surface area contributed by atoms with Gasteiger partial charge in [0, 0.05) is 80.4 Å². The summed E-state index contributed by atoms with van der Waals surface area (Å²) in [6.45, 7) is 8.26. The number of aryl methyl sites for hydroxylation is 1. The van der Waals surface area contributed by atoms with Crippen LogP contribution in [0, 0.1) is 0 Å².